The number of benzene rings is 1. The van der Waals surface area contributed by atoms with E-state index in [4.69, 9.17) is 16.0 Å². The van der Waals surface area contributed by atoms with Crippen LogP contribution >= 0.6 is 11.6 Å². The Morgan fingerprint density at radius 2 is 1.89 bits per heavy atom. The lowest BCUT2D eigenvalue weighted by molar-refractivity contribution is -0.106. The van der Waals surface area contributed by atoms with Gasteiger partial charge in [-0.15, -0.1) is 0 Å². The van der Waals surface area contributed by atoms with Crippen molar-refractivity contribution in [2.45, 2.75) is 43.8 Å². The van der Waals surface area contributed by atoms with Crippen molar-refractivity contribution >= 4 is 22.6 Å². The number of halogens is 1. The lowest BCUT2D eigenvalue weighted by atomic mass is 9.80. The summed E-state index contributed by atoms with van der Waals surface area (Å²) in [6.07, 6.45) is 3.26. The zero-order valence-electron chi connectivity index (χ0n) is 10.6. The molecule has 19 heavy (non-hydrogen) atoms. The minimum atomic E-state index is -1.06. The van der Waals surface area contributed by atoms with E-state index in [1.807, 2.05) is 0 Å². The minimum absolute atomic E-state index is 0.418. The summed E-state index contributed by atoms with van der Waals surface area (Å²) < 4.78 is 5.63. The van der Waals surface area contributed by atoms with Gasteiger partial charge in [-0.2, -0.15) is 0 Å². The van der Waals surface area contributed by atoms with Gasteiger partial charge in [-0.1, -0.05) is 30.9 Å². The molecule has 1 atom stereocenters. The number of furan rings is 1. The van der Waals surface area contributed by atoms with Crippen LogP contribution in [0.25, 0.3) is 11.0 Å². The van der Waals surface area contributed by atoms with Crippen LogP contribution in [0.2, 0.25) is 5.02 Å². The molecule has 1 unspecified atom stereocenters. The van der Waals surface area contributed by atoms with E-state index in [0.29, 0.717) is 29.2 Å². The number of rotatable bonds is 2. The molecule has 0 saturated heterocycles. The summed E-state index contributed by atoms with van der Waals surface area (Å²) >= 11 is 5.93. The third-order valence-corrected chi connectivity index (χ3v) is 4.23. The lowest BCUT2D eigenvalue weighted by Gasteiger charge is -2.35. The number of hydrogen-bond donors (Lipinski definition) is 2. The van der Waals surface area contributed by atoms with E-state index in [9.17, 15) is 10.2 Å². The molecule has 3 rings (SSSR count). The molecule has 1 heterocycles. The standard InChI is InChI=1S/C15H17ClO3/c16-11-4-5-12-10(8-11)9-13(19-12)14(17)15(18)6-2-1-3-7-15/h4-5,8-9,14,17-18H,1-3,6-7H2. The smallest absolute Gasteiger partial charge is 0.140 e. The van der Waals surface area contributed by atoms with Gasteiger partial charge in [0.1, 0.15) is 17.4 Å². The Morgan fingerprint density at radius 3 is 2.63 bits per heavy atom. The van der Waals surface area contributed by atoms with Gasteiger partial charge in [-0.05, 0) is 37.1 Å². The maximum Gasteiger partial charge on any atom is 0.140 e. The first kappa shape index (κ1) is 13.0. The van der Waals surface area contributed by atoms with Crippen LogP contribution in [-0.4, -0.2) is 15.8 Å². The highest BCUT2D eigenvalue weighted by Crippen LogP contribution is 2.40. The van der Waals surface area contributed by atoms with Gasteiger partial charge in [0.25, 0.3) is 0 Å². The molecule has 1 aromatic heterocycles. The molecule has 0 bridgehead atoms. The predicted molar refractivity (Wildman–Crippen MR) is 74.2 cm³/mol. The predicted octanol–water partition coefficient (Wildman–Crippen LogP) is 3.81. The van der Waals surface area contributed by atoms with Crippen molar-refractivity contribution in [3.8, 4) is 0 Å². The van der Waals surface area contributed by atoms with Gasteiger partial charge in [0.2, 0.25) is 0 Å². The van der Waals surface area contributed by atoms with E-state index in [2.05, 4.69) is 0 Å². The van der Waals surface area contributed by atoms with Crippen molar-refractivity contribution in [3.63, 3.8) is 0 Å². The van der Waals surface area contributed by atoms with Crippen LogP contribution in [0.5, 0.6) is 0 Å². The summed E-state index contributed by atoms with van der Waals surface area (Å²) in [5.74, 6) is 0.418. The average molecular weight is 281 g/mol. The molecule has 1 fully saturated rings. The summed E-state index contributed by atoms with van der Waals surface area (Å²) in [5.41, 5.74) is -0.381. The topological polar surface area (TPSA) is 53.6 Å². The number of hydrogen-bond acceptors (Lipinski definition) is 3. The van der Waals surface area contributed by atoms with Gasteiger partial charge in [0.15, 0.2) is 0 Å². The Morgan fingerprint density at radius 1 is 1.16 bits per heavy atom. The monoisotopic (exact) mass is 280 g/mol. The summed E-state index contributed by atoms with van der Waals surface area (Å²) in [6, 6.07) is 7.08. The molecule has 1 saturated carbocycles. The second kappa shape index (κ2) is 4.82. The largest absolute Gasteiger partial charge is 0.458 e. The molecule has 0 amide bonds. The molecule has 1 aromatic carbocycles. The van der Waals surface area contributed by atoms with Crippen molar-refractivity contribution < 1.29 is 14.6 Å². The van der Waals surface area contributed by atoms with Crippen LogP contribution in [0, 0.1) is 0 Å². The second-order valence-electron chi connectivity index (χ2n) is 5.40. The Labute approximate surface area is 116 Å². The maximum absolute atomic E-state index is 10.5. The SMILES string of the molecule is OC(c1cc2cc(Cl)ccc2o1)C1(O)CCCCC1. The molecule has 1 aliphatic rings. The first-order chi connectivity index (χ1) is 9.08. The third-order valence-electron chi connectivity index (χ3n) is 4.00. The number of fused-ring (bicyclic) bond motifs is 1. The Hall–Kier alpha value is -1.03. The van der Waals surface area contributed by atoms with Crippen LogP contribution in [-0.2, 0) is 0 Å². The van der Waals surface area contributed by atoms with Crippen molar-refractivity contribution in [3.05, 3.63) is 35.0 Å². The van der Waals surface area contributed by atoms with E-state index in [1.54, 1.807) is 24.3 Å². The highest BCUT2D eigenvalue weighted by Gasteiger charge is 2.39. The summed E-state index contributed by atoms with van der Waals surface area (Å²) in [7, 11) is 0. The van der Waals surface area contributed by atoms with Crippen LogP contribution in [0.4, 0.5) is 0 Å². The first-order valence-electron chi connectivity index (χ1n) is 6.68. The quantitative estimate of drug-likeness (QED) is 0.879. The summed E-state index contributed by atoms with van der Waals surface area (Å²) in [5, 5.41) is 22.4. The molecule has 0 aliphatic heterocycles. The van der Waals surface area contributed by atoms with Crippen molar-refractivity contribution in [1.29, 1.82) is 0 Å². The Kier molecular flexibility index (Phi) is 3.29. The Bertz CT molecular complexity index is 584. The fraction of sp³-hybridized carbons (Fsp3) is 0.467. The van der Waals surface area contributed by atoms with Gasteiger partial charge in [0, 0.05) is 10.4 Å². The Balaban J connectivity index is 1.94. The molecule has 1 aliphatic carbocycles. The molecule has 3 nitrogen and oxygen atoms in total. The second-order valence-corrected chi connectivity index (χ2v) is 5.83. The fourth-order valence-electron chi connectivity index (χ4n) is 2.87. The van der Waals surface area contributed by atoms with Crippen molar-refractivity contribution in [2.75, 3.05) is 0 Å². The highest BCUT2D eigenvalue weighted by atomic mass is 35.5. The molecule has 2 N–H and O–H groups in total. The zero-order valence-corrected chi connectivity index (χ0v) is 11.4. The number of aliphatic hydroxyl groups excluding tert-OH is 1. The third kappa shape index (κ3) is 2.38. The minimum Gasteiger partial charge on any atom is -0.458 e. The molecule has 102 valence electrons. The maximum atomic E-state index is 10.5. The summed E-state index contributed by atoms with van der Waals surface area (Å²) in [6.45, 7) is 0. The van der Waals surface area contributed by atoms with E-state index in [-0.39, 0.29) is 0 Å². The van der Waals surface area contributed by atoms with E-state index >= 15 is 0 Å². The van der Waals surface area contributed by atoms with Crippen molar-refractivity contribution in [1.82, 2.24) is 0 Å². The molecule has 2 aromatic rings. The van der Waals surface area contributed by atoms with Crippen LogP contribution in [0.15, 0.2) is 28.7 Å². The molecule has 4 heteroatoms. The van der Waals surface area contributed by atoms with Gasteiger partial charge >= 0.3 is 0 Å². The summed E-state index contributed by atoms with van der Waals surface area (Å²) in [4.78, 5) is 0. The number of aliphatic hydroxyl groups is 2. The lowest BCUT2D eigenvalue weighted by Crippen LogP contribution is -2.38. The zero-order chi connectivity index (χ0) is 13.5. The van der Waals surface area contributed by atoms with Gasteiger partial charge < -0.3 is 14.6 Å². The average Bonchev–Trinajstić information content (AvgIpc) is 2.81. The molecular formula is C15H17ClO3. The normalized spacial score (nSPS) is 20.6. The van der Waals surface area contributed by atoms with E-state index < -0.39 is 11.7 Å². The van der Waals surface area contributed by atoms with Gasteiger partial charge in [-0.3, -0.25) is 0 Å². The molecule has 0 spiro atoms. The first-order valence-corrected chi connectivity index (χ1v) is 7.06. The van der Waals surface area contributed by atoms with E-state index in [0.717, 1.165) is 24.6 Å². The highest BCUT2D eigenvalue weighted by molar-refractivity contribution is 6.31. The van der Waals surface area contributed by atoms with Gasteiger partial charge in [0.05, 0.1) is 5.60 Å². The van der Waals surface area contributed by atoms with Gasteiger partial charge in [-0.25, -0.2) is 0 Å². The van der Waals surface area contributed by atoms with Crippen molar-refractivity contribution in [2.24, 2.45) is 0 Å². The fourth-order valence-corrected chi connectivity index (χ4v) is 3.05. The molecule has 0 radical (unpaired) electrons. The van der Waals surface area contributed by atoms with Crippen LogP contribution in [0.1, 0.15) is 44.0 Å². The molecular weight excluding hydrogens is 264 g/mol. The van der Waals surface area contributed by atoms with Crippen LogP contribution < -0.4 is 0 Å². The van der Waals surface area contributed by atoms with E-state index in [1.165, 1.54) is 0 Å². The van der Waals surface area contributed by atoms with Crippen LogP contribution in [0.3, 0.4) is 0 Å².